The Balaban J connectivity index is 1.13. The van der Waals surface area contributed by atoms with Crippen molar-refractivity contribution >= 4 is 56.0 Å². The first-order chi connectivity index (χ1) is 24.7. The second-order valence-corrected chi connectivity index (χ2v) is 13.4. The van der Waals surface area contributed by atoms with E-state index in [1.165, 1.54) is 44.2 Å². The van der Waals surface area contributed by atoms with E-state index in [0.717, 1.165) is 62.8 Å². The summed E-state index contributed by atoms with van der Waals surface area (Å²) >= 11 is 0. The third-order valence-corrected chi connectivity index (χ3v) is 10.3. The van der Waals surface area contributed by atoms with E-state index >= 15 is 0 Å². The minimum absolute atomic E-state index is 0.128. The highest BCUT2D eigenvalue weighted by Crippen LogP contribution is 2.42. The van der Waals surface area contributed by atoms with Crippen molar-refractivity contribution in [1.29, 1.82) is 0 Å². The molecule has 8 aromatic rings. The zero-order chi connectivity index (χ0) is 33.0. The van der Waals surface area contributed by atoms with Gasteiger partial charge in [0.25, 0.3) is 0 Å². The van der Waals surface area contributed by atoms with Gasteiger partial charge in [-0.25, -0.2) is 4.98 Å². The van der Waals surface area contributed by atoms with Gasteiger partial charge in [0.15, 0.2) is 0 Å². The summed E-state index contributed by atoms with van der Waals surface area (Å²) in [6.45, 7) is 0. The molecule has 0 spiro atoms. The second-order valence-electron chi connectivity index (χ2n) is 13.4. The molecule has 0 saturated carbocycles. The minimum atomic E-state index is -0.128. The number of allylic oxidation sites excluding steroid dienone is 1. The first-order valence-electron chi connectivity index (χ1n) is 17.4. The Bertz CT molecular complexity index is 2690. The van der Waals surface area contributed by atoms with E-state index in [-0.39, 0.29) is 6.04 Å². The van der Waals surface area contributed by atoms with Gasteiger partial charge < -0.3 is 5.32 Å². The van der Waals surface area contributed by atoms with Crippen LogP contribution in [0.1, 0.15) is 40.4 Å². The minimum Gasteiger partial charge on any atom is -0.371 e. The SMILES string of the molecule is C1=CC(c2cc(C3=Cc4ccccc4CC3)cc(-c3ccc4ccccc4c3)n2)Nc2c1ccc1c(-c3ccccc3)c3ccccc3nc21. The number of anilines is 1. The maximum absolute atomic E-state index is 5.38. The van der Waals surface area contributed by atoms with E-state index in [1.807, 2.05) is 0 Å². The van der Waals surface area contributed by atoms with Gasteiger partial charge in [-0.3, -0.25) is 4.98 Å². The number of hydrogen-bond donors (Lipinski definition) is 1. The quantitative estimate of drug-likeness (QED) is 0.195. The summed E-state index contributed by atoms with van der Waals surface area (Å²) in [5, 5.41) is 8.67. The number of fused-ring (bicyclic) bond motifs is 6. The third kappa shape index (κ3) is 4.90. The van der Waals surface area contributed by atoms with Crippen LogP contribution in [0.3, 0.4) is 0 Å². The lowest BCUT2D eigenvalue weighted by atomic mass is 9.87. The Morgan fingerprint density at radius 1 is 0.560 bits per heavy atom. The van der Waals surface area contributed by atoms with E-state index < -0.39 is 0 Å². The third-order valence-electron chi connectivity index (χ3n) is 10.3. The van der Waals surface area contributed by atoms with Gasteiger partial charge in [0.05, 0.1) is 34.2 Å². The van der Waals surface area contributed by atoms with Crippen LogP contribution in [0.4, 0.5) is 5.69 Å². The van der Waals surface area contributed by atoms with Gasteiger partial charge in [-0.1, -0.05) is 140 Å². The van der Waals surface area contributed by atoms with Gasteiger partial charge in [0.2, 0.25) is 0 Å². The average Bonchev–Trinajstić information content (AvgIpc) is 3.19. The highest BCUT2D eigenvalue weighted by Gasteiger charge is 2.23. The molecule has 0 amide bonds. The molecule has 3 nitrogen and oxygen atoms in total. The maximum atomic E-state index is 5.38. The van der Waals surface area contributed by atoms with Crippen molar-refractivity contribution in [3.8, 4) is 22.4 Å². The highest BCUT2D eigenvalue weighted by molar-refractivity contribution is 6.13. The summed E-state index contributed by atoms with van der Waals surface area (Å²) in [6.07, 6.45) is 8.88. The predicted octanol–water partition coefficient (Wildman–Crippen LogP) is 11.9. The lowest BCUT2D eigenvalue weighted by Crippen LogP contribution is -2.15. The van der Waals surface area contributed by atoms with Gasteiger partial charge in [-0.15, -0.1) is 0 Å². The molecule has 2 aromatic heterocycles. The van der Waals surface area contributed by atoms with Crippen molar-refractivity contribution in [2.24, 2.45) is 0 Å². The fourth-order valence-corrected chi connectivity index (χ4v) is 7.81. The Morgan fingerprint density at radius 3 is 2.32 bits per heavy atom. The van der Waals surface area contributed by atoms with Crippen molar-refractivity contribution in [1.82, 2.24) is 9.97 Å². The van der Waals surface area contributed by atoms with Crippen LogP contribution in [0, 0.1) is 0 Å². The first kappa shape index (κ1) is 28.7. The topological polar surface area (TPSA) is 37.8 Å². The fourth-order valence-electron chi connectivity index (χ4n) is 7.81. The zero-order valence-electron chi connectivity index (χ0n) is 27.5. The molecular weight excluding hydrogens is 607 g/mol. The van der Waals surface area contributed by atoms with Crippen LogP contribution in [-0.2, 0) is 6.42 Å². The number of para-hydroxylation sites is 1. The highest BCUT2D eigenvalue weighted by atomic mass is 15.0. The van der Waals surface area contributed by atoms with E-state index in [0.29, 0.717) is 0 Å². The van der Waals surface area contributed by atoms with Crippen molar-refractivity contribution < 1.29 is 0 Å². The van der Waals surface area contributed by atoms with Crippen molar-refractivity contribution in [3.05, 3.63) is 180 Å². The number of hydrogen-bond acceptors (Lipinski definition) is 3. The Labute approximate surface area is 291 Å². The molecule has 236 valence electrons. The maximum Gasteiger partial charge on any atom is 0.0953 e. The summed E-state index contributed by atoms with van der Waals surface area (Å²) in [4.78, 5) is 10.7. The van der Waals surface area contributed by atoms with Crippen LogP contribution < -0.4 is 5.32 Å². The summed E-state index contributed by atoms with van der Waals surface area (Å²) in [5.41, 5.74) is 14.9. The van der Waals surface area contributed by atoms with Crippen molar-refractivity contribution in [2.45, 2.75) is 18.9 Å². The molecule has 2 aliphatic rings. The van der Waals surface area contributed by atoms with Crippen molar-refractivity contribution in [2.75, 3.05) is 5.32 Å². The van der Waals surface area contributed by atoms with Crippen LogP contribution in [0.2, 0.25) is 0 Å². The van der Waals surface area contributed by atoms with E-state index in [4.69, 9.17) is 9.97 Å². The molecule has 1 unspecified atom stereocenters. The second kappa shape index (κ2) is 11.7. The molecule has 10 rings (SSSR count). The summed E-state index contributed by atoms with van der Waals surface area (Å²) in [7, 11) is 0. The van der Waals surface area contributed by atoms with Gasteiger partial charge in [-0.2, -0.15) is 0 Å². The largest absolute Gasteiger partial charge is 0.371 e. The standard InChI is InChI=1S/C47H33N3/c1-2-12-32(13-3-1)45-39-16-8-9-17-41(39)49-47-40(45)24-22-33-23-25-42(50-46(33)47)44-29-38(36-20-18-30-10-4-6-14-34(30)26-36)28-43(48-44)37-21-19-31-11-5-7-15-35(31)27-37/h1-17,19,21-29,42,50H,18,20H2. The molecule has 50 heavy (non-hydrogen) atoms. The molecule has 1 N–H and O–H groups in total. The normalized spacial score (nSPS) is 15.0. The van der Waals surface area contributed by atoms with E-state index in [2.05, 4.69) is 169 Å². The van der Waals surface area contributed by atoms with Gasteiger partial charge in [0, 0.05) is 21.9 Å². The molecule has 1 aliphatic heterocycles. The monoisotopic (exact) mass is 639 g/mol. The lowest BCUT2D eigenvalue weighted by Gasteiger charge is -2.25. The van der Waals surface area contributed by atoms with Crippen LogP contribution >= 0.6 is 0 Å². The number of aryl methyl sites for hydroxylation is 1. The molecule has 0 radical (unpaired) electrons. The van der Waals surface area contributed by atoms with Crippen LogP contribution in [0.15, 0.2) is 152 Å². The zero-order valence-corrected chi connectivity index (χ0v) is 27.5. The Hall–Kier alpha value is -6.32. The number of pyridine rings is 2. The Kier molecular flexibility index (Phi) is 6.70. The van der Waals surface area contributed by atoms with E-state index in [1.54, 1.807) is 0 Å². The number of aromatic nitrogens is 2. The molecule has 6 aromatic carbocycles. The number of nitrogens with one attached hydrogen (secondary N) is 1. The van der Waals surface area contributed by atoms with Crippen molar-refractivity contribution in [3.63, 3.8) is 0 Å². The summed E-state index contributed by atoms with van der Waals surface area (Å²) in [6, 6.07) is 52.0. The van der Waals surface area contributed by atoms with Crippen LogP contribution in [0.5, 0.6) is 0 Å². The van der Waals surface area contributed by atoms with Gasteiger partial charge in [-0.05, 0) is 81.3 Å². The first-order valence-corrected chi connectivity index (χ1v) is 17.4. The summed E-state index contributed by atoms with van der Waals surface area (Å²) < 4.78 is 0. The van der Waals surface area contributed by atoms with E-state index in [9.17, 15) is 0 Å². The predicted molar refractivity (Wildman–Crippen MR) is 210 cm³/mol. The molecule has 0 bridgehead atoms. The molecule has 1 aliphatic carbocycles. The lowest BCUT2D eigenvalue weighted by molar-refractivity contribution is 0.918. The number of nitrogens with zero attached hydrogens (tertiary/aromatic N) is 2. The average molecular weight is 640 g/mol. The number of benzene rings is 6. The fraction of sp³-hybridized carbons (Fsp3) is 0.0638. The van der Waals surface area contributed by atoms with Gasteiger partial charge >= 0.3 is 0 Å². The van der Waals surface area contributed by atoms with Crippen LogP contribution in [-0.4, -0.2) is 9.97 Å². The molecular formula is C47H33N3. The smallest absolute Gasteiger partial charge is 0.0953 e. The number of rotatable bonds is 4. The molecule has 1 atom stereocenters. The molecule has 0 saturated heterocycles. The van der Waals surface area contributed by atoms with Gasteiger partial charge in [0.1, 0.15) is 0 Å². The van der Waals surface area contributed by atoms with Crippen LogP contribution in [0.25, 0.3) is 72.7 Å². The molecule has 0 fully saturated rings. The Morgan fingerprint density at radius 2 is 1.38 bits per heavy atom. The molecule has 3 heteroatoms. The summed E-state index contributed by atoms with van der Waals surface area (Å²) in [5.74, 6) is 0. The molecule has 3 heterocycles.